The maximum Gasteiger partial charge on any atom is 0.326 e. The Balaban J connectivity index is 1.77. The molecule has 3 aromatic rings. The molecule has 0 radical (unpaired) electrons. The van der Waals surface area contributed by atoms with Crippen LogP contribution in [0.3, 0.4) is 0 Å². The van der Waals surface area contributed by atoms with Gasteiger partial charge in [0.25, 0.3) is 0 Å². The number of hydrogen-bond donors (Lipinski definition) is 8. The monoisotopic (exact) mass is 585 g/mol. The number of phenols is 1. The van der Waals surface area contributed by atoms with E-state index in [1.165, 1.54) is 23.9 Å². The number of para-hydroxylation sites is 1. The third kappa shape index (κ3) is 8.96. The second kappa shape index (κ2) is 15.1. The number of nitrogens with one attached hydrogen (secondary N) is 4. The molecule has 0 aliphatic heterocycles. The van der Waals surface area contributed by atoms with Gasteiger partial charge in [-0.05, 0) is 47.8 Å². The molecule has 2 aromatic carbocycles. The summed E-state index contributed by atoms with van der Waals surface area (Å²) >= 11 is 1.45. The number of aliphatic hydroxyl groups is 1. The van der Waals surface area contributed by atoms with Gasteiger partial charge >= 0.3 is 5.97 Å². The van der Waals surface area contributed by atoms with Crippen molar-refractivity contribution >= 4 is 46.4 Å². The van der Waals surface area contributed by atoms with E-state index in [1.807, 2.05) is 30.5 Å². The highest BCUT2D eigenvalue weighted by molar-refractivity contribution is 7.98. The third-order valence-corrected chi connectivity index (χ3v) is 7.14. The minimum absolute atomic E-state index is 0.00514. The summed E-state index contributed by atoms with van der Waals surface area (Å²) in [4.78, 5) is 54.3. The Kier molecular flexibility index (Phi) is 11.6. The number of nitrogens with two attached hydrogens (primary N) is 1. The highest BCUT2D eigenvalue weighted by atomic mass is 32.2. The van der Waals surface area contributed by atoms with Crippen molar-refractivity contribution in [2.75, 3.05) is 18.6 Å². The molecule has 3 rings (SSSR count). The Morgan fingerprint density at radius 3 is 2.20 bits per heavy atom. The summed E-state index contributed by atoms with van der Waals surface area (Å²) in [6.45, 7) is -0.634. The van der Waals surface area contributed by atoms with E-state index in [-0.39, 0.29) is 25.0 Å². The number of phenolic OH excluding ortho intramolecular Hbond substituents is 1. The molecule has 0 fully saturated rings. The molecular weight excluding hydrogens is 550 g/mol. The van der Waals surface area contributed by atoms with Crippen molar-refractivity contribution in [2.45, 2.75) is 43.4 Å². The fourth-order valence-corrected chi connectivity index (χ4v) is 4.68. The molecule has 13 heteroatoms. The number of hydrogen-bond acceptors (Lipinski definition) is 8. The number of fused-ring (bicyclic) bond motifs is 1. The van der Waals surface area contributed by atoms with Crippen LogP contribution in [-0.4, -0.2) is 86.8 Å². The molecule has 4 atom stereocenters. The Morgan fingerprint density at radius 1 is 0.902 bits per heavy atom. The van der Waals surface area contributed by atoms with Crippen molar-refractivity contribution in [1.29, 1.82) is 0 Å². The number of rotatable bonds is 15. The van der Waals surface area contributed by atoms with Gasteiger partial charge < -0.3 is 42.0 Å². The van der Waals surface area contributed by atoms with E-state index >= 15 is 0 Å². The van der Waals surface area contributed by atoms with Crippen molar-refractivity contribution < 1.29 is 34.5 Å². The molecule has 41 heavy (non-hydrogen) atoms. The van der Waals surface area contributed by atoms with Gasteiger partial charge in [-0.2, -0.15) is 11.8 Å². The second-order valence-corrected chi connectivity index (χ2v) is 10.5. The Hall–Kier alpha value is -4.07. The zero-order chi connectivity index (χ0) is 29.9. The molecule has 0 spiro atoms. The fourth-order valence-electron chi connectivity index (χ4n) is 4.21. The van der Waals surface area contributed by atoms with E-state index in [1.54, 1.807) is 18.3 Å². The lowest BCUT2D eigenvalue weighted by Gasteiger charge is -2.25. The number of carbonyl (C=O) groups excluding carboxylic acids is 3. The van der Waals surface area contributed by atoms with Gasteiger partial charge in [-0.1, -0.05) is 30.3 Å². The van der Waals surface area contributed by atoms with Gasteiger partial charge in [-0.15, -0.1) is 0 Å². The summed E-state index contributed by atoms with van der Waals surface area (Å²) in [7, 11) is 0. The molecular formula is C28H35N5O7S. The van der Waals surface area contributed by atoms with Crippen LogP contribution in [0.1, 0.15) is 17.5 Å². The fraction of sp³-hybridized carbons (Fsp3) is 0.357. The van der Waals surface area contributed by atoms with E-state index in [0.29, 0.717) is 11.3 Å². The summed E-state index contributed by atoms with van der Waals surface area (Å²) in [6.07, 6.45) is 3.76. The summed E-state index contributed by atoms with van der Waals surface area (Å²) in [5.41, 5.74) is 7.78. The van der Waals surface area contributed by atoms with E-state index in [9.17, 15) is 34.5 Å². The number of carboxylic acid groups (broad SMARTS) is 1. The average Bonchev–Trinajstić information content (AvgIpc) is 3.37. The van der Waals surface area contributed by atoms with Crippen LogP contribution < -0.4 is 21.7 Å². The molecule has 0 bridgehead atoms. The third-order valence-electron chi connectivity index (χ3n) is 6.50. The molecule has 1 heterocycles. The molecule has 1 aromatic heterocycles. The van der Waals surface area contributed by atoms with Crippen LogP contribution in [0.2, 0.25) is 0 Å². The van der Waals surface area contributed by atoms with E-state index in [2.05, 4.69) is 20.9 Å². The van der Waals surface area contributed by atoms with Gasteiger partial charge in [-0.25, -0.2) is 4.79 Å². The highest BCUT2D eigenvalue weighted by Crippen LogP contribution is 2.19. The first-order valence-electron chi connectivity index (χ1n) is 12.9. The Bertz CT molecular complexity index is 1350. The highest BCUT2D eigenvalue weighted by Gasteiger charge is 2.30. The first-order chi connectivity index (χ1) is 19.6. The molecule has 0 aliphatic rings. The van der Waals surface area contributed by atoms with Crippen LogP contribution in [0.15, 0.2) is 54.7 Å². The number of amides is 3. The number of aliphatic hydroxyl groups excluding tert-OH is 1. The number of aliphatic carboxylic acids is 1. The molecule has 220 valence electrons. The van der Waals surface area contributed by atoms with Crippen molar-refractivity contribution in [3.8, 4) is 5.75 Å². The van der Waals surface area contributed by atoms with Crippen molar-refractivity contribution in [3.05, 3.63) is 65.9 Å². The predicted octanol–water partition coefficient (Wildman–Crippen LogP) is 0.270. The number of carbonyl (C=O) groups is 4. The predicted molar refractivity (Wildman–Crippen MR) is 155 cm³/mol. The van der Waals surface area contributed by atoms with Gasteiger partial charge in [-0.3, -0.25) is 14.4 Å². The largest absolute Gasteiger partial charge is 0.508 e. The van der Waals surface area contributed by atoms with Crippen molar-refractivity contribution in [3.63, 3.8) is 0 Å². The van der Waals surface area contributed by atoms with Crippen LogP contribution in [0.5, 0.6) is 5.75 Å². The topological polar surface area (TPSA) is 207 Å². The molecule has 0 saturated carbocycles. The first-order valence-corrected chi connectivity index (χ1v) is 14.3. The molecule has 0 saturated heterocycles. The SMILES string of the molecule is CSCCC(NC(=O)C(Cc1ccc(O)cc1)NC(=O)C(N)CO)C(=O)NC(Cc1c[nH]c2ccccc12)C(=O)O. The standard InChI is InChI=1S/C28H35N5O7S/c1-41-11-10-22(26(37)33-24(28(39)40)13-17-14-30-21-5-3-2-4-19(17)21)31-27(38)23(32-25(36)20(29)15-34)12-16-6-8-18(35)9-7-16/h2-9,14,20,22-24,30,34-35H,10-13,15,29H2,1H3,(H,31,38)(H,32,36)(H,33,37)(H,39,40). The van der Waals surface area contributed by atoms with Crippen LogP contribution in [0.25, 0.3) is 10.9 Å². The number of thioether (sulfide) groups is 1. The lowest BCUT2D eigenvalue weighted by atomic mass is 10.0. The number of H-pyrrole nitrogens is 1. The summed E-state index contributed by atoms with van der Waals surface area (Å²) in [5, 5.41) is 37.2. The van der Waals surface area contributed by atoms with Gasteiger partial charge in [0.2, 0.25) is 17.7 Å². The van der Waals surface area contributed by atoms with Gasteiger partial charge in [0.05, 0.1) is 6.61 Å². The summed E-state index contributed by atoms with van der Waals surface area (Å²) < 4.78 is 0. The Labute approximate surface area is 241 Å². The summed E-state index contributed by atoms with van der Waals surface area (Å²) in [6, 6.07) is 8.64. The average molecular weight is 586 g/mol. The quantitative estimate of drug-likeness (QED) is 0.123. The zero-order valence-corrected chi connectivity index (χ0v) is 23.3. The van der Waals surface area contributed by atoms with Crippen LogP contribution in [0, 0.1) is 0 Å². The van der Waals surface area contributed by atoms with Crippen LogP contribution >= 0.6 is 11.8 Å². The number of aromatic nitrogens is 1. The van der Waals surface area contributed by atoms with Gasteiger partial charge in [0.1, 0.15) is 29.9 Å². The lowest BCUT2D eigenvalue weighted by molar-refractivity contribution is -0.142. The maximum atomic E-state index is 13.4. The number of benzene rings is 2. The van der Waals surface area contributed by atoms with E-state index in [4.69, 9.17) is 5.73 Å². The van der Waals surface area contributed by atoms with Gasteiger partial charge in [0.15, 0.2) is 0 Å². The number of aromatic amines is 1. The van der Waals surface area contributed by atoms with E-state index < -0.39 is 54.5 Å². The van der Waals surface area contributed by atoms with Crippen LogP contribution in [-0.2, 0) is 32.0 Å². The van der Waals surface area contributed by atoms with E-state index in [0.717, 1.165) is 16.5 Å². The normalized spacial score (nSPS) is 14.0. The van der Waals surface area contributed by atoms with Crippen molar-refractivity contribution in [2.24, 2.45) is 5.73 Å². The maximum absolute atomic E-state index is 13.4. The zero-order valence-electron chi connectivity index (χ0n) is 22.5. The van der Waals surface area contributed by atoms with Crippen molar-refractivity contribution in [1.82, 2.24) is 20.9 Å². The Morgan fingerprint density at radius 2 is 1.54 bits per heavy atom. The molecule has 12 nitrogen and oxygen atoms in total. The number of aromatic hydroxyl groups is 1. The molecule has 4 unspecified atom stereocenters. The number of carboxylic acids is 1. The smallest absolute Gasteiger partial charge is 0.326 e. The minimum atomic E-state index is -1.26. The molecule has 3 amide bonds. The second-order valence-electron chi connectivity index (χ2n) is 9.53. The first kappa shape index (κ1) is 31.5. The van der Waals surface area contributed by atoms with Crippen LogP contribution in [0.4, 0.5) is 0 Å². The van der Waals surface area contributed by atoms with Gasteiger partial charge in [0, 0.05) is 29.9 Å². The molecule has 9 N–H and O–H groups in total. The lowest BCUT2D eigenvalue weighted by Crippen LogP contribution is -2.58. The molecule has 0 aliphatic carbocycles. The summed E-state index contributed by atoms with van der Waals surface area (Å²) in [5.74, 6) is -2.85. The minimum Gasteiger partial charge on any atom is -0.508 e.